The standard InChI is InChI=1S/C12H16O.C10H14N2O3/c1-9(2)12(13)8-11-6-4-10(3)5-7-11;1-6(2)8(13)5-12-4-7(3)9(14)11-10(12)15/h4-7,9H,8H2,1-3H3;4,6H,5H2,1-3H3,(H,11,14,15). The molecule has 0 saturated heterocycles. The van der Waals surface area contributed by atoms with Gasteiger partial charge in [-0.2, -0.15) is 0 Å². The van der Waals surface area contributed by atoms with Crippen molar-refractivity contribution in [3.63, 3.8) is 0 Å². The SMILES string of the molecule is Cc1ccc(CC(=O)C(C)C)cc1.Cc1cn(CC(=O)C(C)C)c(=O)[nH]c1=O. The Bertz CT molecular complexity index is 919. The maximum atomic E-state index is 11.4. The van der Waals surface area contributed by atoms with Gasteiger partial charge in [-0.15, -0.1) is 0 Å². The summed E-state index contributed by atoms with van der Waals surface area (Å²) in [7, 11) is 0. The number of nitrogens with one attached hydrogen (secondary N) is 1. The third kappa shape index (κ3) is 7.47. The quantitative estimate of drug-likeness (QED) is 0.827. The first-order valence-corrected chi connectivity index (χ1v) is 9.42. The molecule has 0 atom stereocenters. The van der Waals surface area contributed by atoms with Crippen LogP contribution in [-0.2, 0) is 22.6 Å². The summed E-state index contributed by atoms with van der Waals surface area (Å²) in [5.74, 6) is 0.290. The van der Waals surface area contributed by atoms with Crippen molar-refractivity contribution in [2.45, 2.75) is 54.5 Å². The molecular formula is C22H30N2O4. The van der Waals surface area contributed by atoms with Crippen molar-refractivity contribution in [2.75, 3.05) is 0 Å². The second-order valence-electron chi connectivity index (χ2n) is 7.60. The lowest BCUT2D eigenvalue weighted by Crippen LogP contribution is -2.33. The summed E-state index contributed by atoms with van der Waals surface area (Å²) in [5.41, 5.74) is 1.82. The molecule has 0 amide bonds. The molecule has 28 heavy (non-hydrogen) atoms. The first-order chi connectivity index (χ1) is 13.0. The maximum absolute atomic E-state index is 11.4. The lowest BCUT2D eigenvalue weighted by molar-refractivity contribution is -0.122. The smallest absolute Gasteiger partial charge is 0.299 e. The third-order valence-corrected chi connectivity index (χ3v) is 4.30. The predicted molar refractivity (Wildman–Crippen MR) is 111 cm³/mol. The molecular weight excluding hydrogens is 356 g/mol. The van der Waals surface area contributed by atoms with Gasteiger partial charge in [0.15, 0.2) is 5.78 Å². The Morgan fingerprint density at radius 1 is 0.929 bits per heavy atom. The molecule has 0 radical (unpaired) electrons. The van der Waals surface area contributed by atoms with E-state index in [1.807, 2.05) is 45.0 Å². The number of H-pyrrole nitrogens is 1. The van der Waals surface area contributed by atoms with Gasteiger partial charge in [0.25, 0.3) is 5.56 Å². The van der Waals surface area contributed by atoms with E-state index < -0.39 is 11.2 Å². The third-order valence-electron chi connectivity index (χ3n) is 4.30. The van der Waals surface area contributed by atoms with Crippen LogP contribution in [0.4, 0.5) is 0 Å². The average molecular weight is 386 g/mol. The van der Waals surface area contributed by atoms with Gasteiger partial charge in [0.05, 0.1) is 6.54 Å². The molecule has 152 valence electrons. The van der Waals surface area contributed by atoms with Crippen molar-refractivity contribution in [2.24, 2.45) is 11.8 Å². The van der Waals surface area contributed by atoms with Crippen LogP contribution in [0.1, 0.15) is 44.4 Å². The lowest BCUT2D eigenvalue weighted by Gasteiger charge is -2.06. The number of carbonyl (C=O) groups is 2. The second kappa shape index (κ2) is 10.5. The van der Waals surface area contributed by atoms with Crippen LogP contribution in [0.15, 0.2) is 40.1 Å². The molecule has 1 aromatic carbocycles. The molecule has 0 aliphatic carbocycles. The van der Waals surface area contributed by atoms with Crippen LogP contribution in [0.3, 0.4) is 0 Å². The molecule has 0 spiro atoms. The zero-order chi connectivity index (χ0) is 21.4. The fraction of sp³-hybridized carbons (Fsp3) is 0.455. The van der Waals surface area contributed by atoms with Gasteiger partial charge in [-0.1, -0.05) is 57.5 Å². The molecule has 1 heterocycles. The predicted octanol–water partition coefficient (Wildman–Crippen LogP) is 2.83. The number of carbonyl (C=O) groups excluding carboxylic acids is 2. The summed E-state index contributed by atoms with van der Waals surface area (Å²) in [6.45, 7) is 11.1. The van der Waals surface area contributed by atoms with E-state index in [1.165, 1.54) is 16.3 Å². The van der Waals surface area contributed by atoms with Crippen molar-refractivity contribution in [1.82, 2.24) is 9.55 Å². The Labute approximate surface area is 165 Å². The molecule has 0 bridgehead atoms. The van der Waals surface area contributed by atoms with E-state index in [2.05, 4.69) is 4.98 Å². The Hall–Kier alpha value is -2.76. The summed E-state index contributed by atoms with van der Waals surface area (Å²) < 4.78 is 1.22. The van der Waals surface area contributed by atoms with E-state index in [0.29, 0.717) is 17.8 Å². The molecule has 0 aliphatic heterocycles. The number of benzene rings is 1. The van der Waals surface area contributed by atoms with Crippen LogP contribution < -0.4 is 11.2 Å². The summed E-state index contributed by atoms with van der Waals surface area (Å²) >= 11 is 0. The van der Waals surface area contributed by atoms with E-state index in [-0.39, 0.29) is 24.2 Å². The molecule has 2 aromatic rings. The fourth-order valence-electron chi connectivity index (χ4n) is 2.20. The van der Waals surface area contributed by atoms with Gasteiger partial charge in [-0.05, 0) is 19.4 Å². The zero-order valence-corrected chi connectivity index (χ0v) is 17.5. The number of ketones is 2. The van der Waals surface area contributed by atoms with E-state index >= 15 is 0 Å². The van der Waals surface area contributed by atoms with Crippen LogP contribution >= 0.6 is 0 Å². The molecule has 6 heteroatoms. The largest absolute Gasteiger partial charge is 0.328 e. The van der Waals surface area contributed by atoms with Gasteiger partial charge in [-0.3, -0.25) is 23.9 Å². The Balaban J connectivity index is 0.000000283. The minimum Gasteiger partial charge on any atom is -0.299 e. The van der Waals surface area contributed by atoms with Gasteiger partial charge in [-0.25, -0.2) is 4.79 Å². The number of aryl methyl sites for hydroxylation is 2. The zero-order valence-electron chi connectivity index (χ0n) is 17.5. The summed E-state index contributed by atoms with van der Waals surface area (Å²) in [4.78, 5) is 47.3. The number of rotatable bonds is 6. The van der Waals surface area contributed by atoms with Gasteiger partial charge < -0.3 is 0 Å². The minimum absolute atomic E-state index is 0.00806. The van der Waals surface area contributed by atoms with Crippen LogP contribution in [0.2, 0.25) is 0 Å². The molecule has 2 rings (SSSR count). The highest BCUT2D eigenvalue weighted by Crippen LogP contribution is 2.07. The Morgan fingerprint density at radius 2 is 1.46 bits per heavy atom. The number of nitrogens with zero attached hydrogens (tertiary/aromatic N) is 1. The van der Waals surface area contributed by atoms with E-state index in [0.717, 1.165) is 5.56 Å². The first-order valence-electron chi connectivity index (χ1n) is 9.42. The number of hydrogen-bond acceptors (Lipinski definition) is 4. The van der Waals surface area contributed by atoms with Gasteiger partial charge in [0.2, 0.25) is 0 Å². The highest BCUT2D eigenvalue weighted by atomic mass is 16.2. The van der Waals surface area contributed by atoms with Crippen molar-refractivity contribution < 1.29 is 9.59 Å². The van der Waals surface area contributed by atoms with Crippen LogP contribution in [0.25, 0.3) is 0 Å². The topological polar surface area (TPSA) is 89.0 Å². The van der Waals surface area contributed by atoms with Crippen LogP contribution in [0.5, 0.6) is 0 Å². The number of aromatic amines is 1. The van der Waals surface area contributed by atoms with Gasteiger partial charge in [0.1, 0.15) is 5.78 Å². The summed E-state index contributed by atoms with van der Waals surface area (Å²) in [6, 6.07) is 8.14. The molecule has 0 aliphatic rings. The van der Waals surface area contributed by atoms with Crippen LogP contribution in [-0.4, -0.2) is 21.1 Å². The van der Waals surface area contributed by atoms with E-state index in [1.54, 1.807) is 20.8 Å². The van der Waals surface area contributed by atoms with Crippen LogP contribution in [0, 0.1) is 25.7 Å². The molecule has 0 fully saturated rings. The van der Waals surface area contributed by atoms with Crippen molar-refractivity contribution >= 4 is 11.6 Å². The molecule has 6 nitrogen and oxygen atoms in total. The maximum Gasteiger partial charge on any atom is 0.328 e. The minimum atomic E-state index is -0.542. The van der Waals surface area contributed by atoms with E-state index in [4.69, 9.17) is 0 Å². The Kier molecular flexibility index (Phi) is 8.76. The molecule has 0 unspecified atom stereocenters. The monoisotopic (exact) mass is 386 g/mol. The van der Waals surface area contributed by atoms with E-state index in [9.17, 15) is 19.2 Å². The second-order valence-corrected chi connectivity index (χ2v) is 7.60. The molecule has 1 aromatic heterocycles. The summed E-state index contributed by atoms with van der Waals surface area (Å²) in [6.07, 6.45) is 1.97. The highest BCUT2D eigenvalue weighted by Gasteiger charge is 2.10. The fourth-order valence-corrected chi connectivity index (χ4v) is 2.20. The van der Waals surface area contributed by atoms with Crippen molar-refractivity contribution in [3.8, 4) is 0 Å². The van der Waals surface area contributed by atoms with Gasteiger partial charge in [0, 0.05) is 30.0 Å². The number of hydrogen-bond donors (Lipinski definition) is 1. The molecule has 0 saturated carbocycles. The Morgan fingerprint density at radius 3 is 1.96 bits per heavy atom. The normalized spacial score (nSPS) is 10.6. The van der Waals surface area contributed by atoms with Crippen molar-refractivity contribution in [1.29, 1.82) is 0 Å². The number of Topliss-reactive ketones (excluding diaryl/α,β-unsaturated/α-hetero) is 2. The summed E-state index contributed by atoms with van der Waals surface area (Å²) in [5, 5.41) is 0. The highest BCUT2D eigenvalue weighted by molar-refractivity contribution is 5.82. The number of aromatic nitrogens is 2. The lowest BCUT2D eigenvalue weighted by atomic mass is 10.0. The first kappa shape index (κ1) is 23.3. The van der Waals surface area contributed by atoms with Gasteiger partial charge >= 0.3 is 5.69 Å². The molecule has 1 N–H and O–H groups in total. The van der Waals surface area contributed by atoms with Crippen molar-refractivity contribution in [3.05, 3.63) is 68.0 Å². The average Bonchev–Trinajstić information content (AvgIpc) is 2.61.